The fourth-order valence-corrected chi connectivity index (χ4v) is 0.556. The Hall–Kier alpha value is 0.340. The Balaban J connectivity index is 3.12. The third-order valence-electron chi connectivity index (χ3n) is 0.708. The summed E-state index contributed by atoms with van der Waals surface area (Å²) in [4.78, 5) is 9.87. The summed E-state index contributed by atoms with van der Waals surface area (Å²) in [5, 5.41) is 0. The molecule has 0 aliphatic rings. The van der Waals surface area contributed by atoms with E-state index in [9.17, 15) is 4.79 Å². The van der Waals surface area contributed by atoms with Crippen molar-refractivity contribution in [2.24, 2.45) is 0 Å². The zero-order chi connectivity index (χ0) is 7.98. The molecule has 2 nitrogen and oxygen atoms in total. The number of hydrogen-bond donors (Lipinski definition) is 0. The van der Waals surface area contributed by atoms with Gasteiger partial charge >= 0.3 is 5.97 Å². The van der Waals surface area contributed by atoms with E-state index in [2.05, 4.69) is 4.74 Å². The lowest BCUT2D eigenvalue weighted by Gasteiger charge is -2.01. The van der Waals surface area contributed by atoms with Gasteiger partial charge in [-0.2, -0.15) is 0 Å². The number of alkyl halides is 3. The van der Waals surface area contributed by atoms with E-state index >= 15 is 0 Å². The van der Waals surface area contributed by atoms with Crippen molar-refractivity contribution in [1.29, 1.82) is 0 Å². The number of carbonyl (C=O) groups is 1. The van der Waals surface area contributed by atoms with Gasteiger partial charge in [-0.05, 0) is 0 Å². The van der Waals surface area contributed by atoms with E-state index < -0.39 is 10.8 Å². The second-order valence-electron chi connectivity index (χ2n) is 1.53. The number of ether oxygens (including phenoxy) is 1. The van der Waals surface area contributed by atoms with Crippen molar-refractivity contribution in [2.75, 3.05) is 12.5 Å². The van der Waals surface area contributed by atoms with Crippen molar-refractivity contribution in [3.8, 4) is 0 Å². The predicted molar refractivity (Wildman–Crippen MR) is 41.8 cm³/mol. The molecule has 0 spiro atoms. The molecule has 0 amide bonds. The van der Waals surface area contributed by atoms with Gasteiger partial charge in [0, 0.05) is 6.42 Å². The van der Waals surface area contributed by atoms with E-state index in [1.165, 1.54) is 0 Å². The molecule has 0 heterocycles. The Morgan fingerprint density at radius 3 is 2.50 bits per heavy atom. The molecule has 0 aliphatic heterocycles. The van der Waals surface area contributed by atoms with Gasteiger partial charge in [0.1, 0.15) is 10.7 Å². The molecule has 0 atom stereocenters. The highest BCUT2D eigenvalue weighted by Crippen LogP contribution is 2.06. The van der Waals surface area contributed by atoms with Gasteiger partial charge in [-0.15, -0.1) is 34.8 Å². The van der Waals surface area contributed by atoms with Gasteiger partial charge < -0.3 is 4.74 Å². The predicted octanol–water partition coefficient (Wildman–Crippen LogP) is 1.96. The summed E-state index contributed by atoms with van der Waals surface area (Å²) in [6.45, 7) is 0.225. The molecule has 0 saturated heterocycles. The Morgan fingerprint density at radius 2 is 2.10 bits per heavy atom. The number of hydrogen-bond acceptors (Lipinski definition) is 2. The molecule has 0 aliphatic carbocycles. The Labute approximate surface area is 74.4 Å². The maximum absolute atomic E-state index is 10.4. The van der Waals surface area contributed by atoms with Crippen LogP contribution < -0.4 is 0 Å². The second-order valence-corrected chi connectivity index (χ2v) is 3.08. The van der Waals surface area contributed by atoms with Crippen LogP contribution in [0.4, 0.5) is 0 Å². The number of rotatable bonds is 4. The molecule has 10 heavy (non-hydrogen) atoms. The molecule has 0 N–H and O–H groups in total. The lowest BCUT2D eigenvalue weighted by Crippen LogP contribution is -2.08. The Bertz CT molecular complexity index is 105. The summed E-state index contributed by atoms with van der Waals surface area (Å²) in [5.41, 5.74) is 0. The monoisotopic (exact) mass is 204 g/mol. The molecule has 0 aromatic carbocycles. The van der Waals surface area contributed by atoms with Gasteiger partial charge in [0.2, 0.25) is 0 Å². The maximum atomic E-state index is 10.4. The van der Waals surface area contributed by atoms with Gasteiger partial charge in [-0.1, -0.05) is 0 Å². The highest BCUT2D eigenvalue weighted by Gasteiger charge is 2.02. The zero-order valence-corrected chi connectivity index (χ0v) is 7.42. The third-order valence-corrected chi connectivity index (χ3v) is 1.36. The second kappa shape index (κ2) is 6.08. The lowest BCUT2D eigenvalue weighted by molar-refractivity contribution is -0.140. The van der Waals surface area contributed by atoms with Gasteiger partial charge in [0.25, 0.3) is 0 Å². The molecule has 0 unspecified atom stereocenters. The van der Waals surface area contributed by atoms with Crippen molar-refractivity contribution in [3.05, 3.63) is 0 Å². The topological polar surface area (TPSA) is 26.3 Å². The summed E-state index contributed by atoms with van der Waals surface area (Å²) in [5.74, 6) is -0.578. The molecule has 0 radical (unpaired) electrons. The van der Waals surface area contributed by atoms with Crippen LogP contribution in [0.1, 0.15) is 6.42 Å². The first-order valence-corrected chi connectivity index (χ1v) is 4.07. The third kappa shape index (κ3) is 6.46. The Kier molecular flexibility index (Phi) is 6.28. The molecule has 0 fully saturated rings. The standard InChI is InChI=1S/C5H7Cl3O2/c6-3-5(9)10-2-1-4(7)8/h4H,1-3H2. The summed E-state index contributed by atoms with van der Waals surface area (Å²) in [6, 6.07) is 0. The first-order valence-electron chi connectivity index (χ1n) is 2.66. The largest absolute Gasteiger partial charge is 0.465 e. The molecule has 0 aromatic heterocycles. The average molecular weight is 205 g/mol. The van der Waals surface area contributed by atoms with Crippen LogP contribution in [0.2, 0.25) is 0 Å². The molecular formula is C5H7Cl3O2. The molecular weight excluding hydrogens is 198 g/mol. The van der Waals surface area contributed by atoms with Crippen LogP contribution in [0.5, 0.6) is 0 Å². The summed E-state index contributed by atoms with van der Waals surface area (Å²) >= 11 is 15.8. The molecule has 60 valence electrons. The summed E-state index contributed by atoms with van der Waals surface area (Å²) in [6.07, 6.45) is 0.436. The van der Waals surface area contributed by atoms with E-state index in [1.807, 2.05) is 0 Å². The van der Waals surface area contributed by atoms with Crippen molar-refractivity contribution in [3.63, 3.8) is 0 Å². The van der Waals surface area contributed by atoms with Crippen LogP contribution in [-0.4, -0.2) is 23.3 Å². The molecule has 5 heteroatoms. The van der Waals surface area contributed by atoms with Crippen LogP contribution >= 0.6 is 34.8 Å². The smallest absolute Gasteiger partial charge is 0.320 e. The van der Waals surface area contributed by atoms with Crippen LogP contribution in [0.15, 0.2) is 0 Å². The van der Waals surface area contributed by atoms with E-state index in [0.29, 0.717) is 6.42 Å². The van der Waals surface area contributed by atoms with Gasteiger partial charge in [-0.25, -0.2) is 0 Å². The maximum Gasteiger partial charge on any atom is 0.320 e. The lowest BCUT2D eigenvalue weighted by atomic mass is 10.5. The number of halogens is 3. The van der Waals surface area contributed by atoms with Crippen LogP contribution in [0.3, 0.4) is 0 Å². The van der Waals surface area contributed by atoms with Crippen molar-refractivity contribution >= 4 is 40.8 Å². The van der Waals surface area contributed by atoms with Crippen molar-refractivity contribution in [1.82, 2.24) is 0 Å². The molecule has 0 saturated carbocycles. The van der Waals surface area contributed by atoms with E-state index in [-0.39, 0.29) is 12.5 Å². The van der Waals surface area contributed by atoms with Crippen LogP contribution in [-0.2, 0) is 9.53 Å². The zero-order valence-electron chi connectivity index (χ0n) is 5.15. The first-order chi connectivity index (χ1) is 4.66. The normalized spacial score (nSPS) is 10.0. The van der Waals surface area contributed by atoms with Gasteiger partial charge in [0.05, 0.1) is 6.61 Å². The van der Waals surface area contributed by atoms with Crippen molar-refractivity contribution in [2.45, 2.75) is 11.3 Å². The van der Waals surface area contributed by atoms with E-state index in [1.54, 1.807) is 0 Å². The summed E-state index contributed by atoms with van der Waals surface area (Å²) < 4.78 is 4.56. The number of carbonyl (C=O) groups excluding carboxylic acids is 1. The van der Waals surface area contributed by atoms with Gasteiger partial charge in [-0.3, -0.25) is 4.79 Å². The van der Waals surface area contributed by atoms with E-state index in [4.69, 9.17) is 34.8 Å². The minimum absolute atomic E-state index is 0.130. The van der Waals surface area contributed by atoms with Crippen LogP contribution in [0.25, 0.3) is 0 Å². The highest BCUT2D eigenvalue weighted by molar-refractivity contribution is 6.44. The molecule has 0 bridgehead atoms. The first kappa shape index (κ1) is 10.3. The van der Waals surface area contributed by atoms with Crippen LogP contribution in [0, 0.1) is 0 Å². The van der Waals surface area contributed by atoms with E-state index in [0.717, 1.165) is 0 Å². The summed E-state index contributed by atoms with van der Waals surface area (Å²) in [7, 11) is 0. The SMILES string of the molecule is O=C(CCl)OCCC(Cl)Cl. The minimum Gasteiger partial charge on any atom is -0.465 e. The molecule has 0 rings (SSSR count). The fraction of sp³-hybridized carbons (Fsp3) is 0.800. The van der Waals surface area contributed by atoms with Gasteiger partial charge in [0.15, 0.2) is 0 Å². The molecule has 0 aromatic rings. The number of esters is 1. The highest BCUT2D eigenvalue weighted by atomic mass is 35.5. The van der Waals surface area contributed by atoms with Crippen molar-refractivity contribution < 1.29 is 9.53 Å². The quantitative estimate of drug-likeness (QED) is 0.518. The average Bonchev–Trinajstić information content (AvgIpc) is 1.87. The Morgan fingerprint density at radius 1 is 1.50 bits per heavy atom. The minimum atomic E-state index is -0.483. The fourth-order valence-electron chi connectivity index (χ4n) is 0.300.